The van der Waals surface area contributed by atoms with Crippen LogP contribution in [-0.4, -0.2) is 45.6 Å². The quantitative estimate of drug-likeness (QED) is 0.709. The van der Waals surface area contributed by atoms with Crippen LogP contribution in [0, 0.1) is 12.8 Å². The van der Waals surface area contributed by atoms with Gasteiger partial charge in [-0.05, 0) is 56.7 Å². The van der Waals surface area contributed by atoms with Gasteiger partial charge in [0.1, 0.15) is 0 Å². The van der Waals surface area contributed by atoms with E-state index in [0.29, 0.717) is 0 Å². The zero-order valence-electron chi connectivity index (χ0n) is 17.2. The van der Waals surface area contributed by atoms with E-state index >= 15 is 0 Å². The van der Waals surface area contributed by atoms with Crippen LogP contribution in [0.4, 0.5) is 0 Å². The zero-order chi connectivity index (χ0) is 19.2. The Morgan fingerprint density at radius 1 is 1.14 bits per heavy atom. The Morgan fingerprint density at radius 3 is 2.79 bits per heavy atom. The summed E-state index contributed by atoms with van der Waals surface area (Å²) in [4.78, 5) is 9.62. The van der Waals surface area contributed by atoms with Crippen molar-refractivity contribution in [3.63, 3.8) is 0 Å². The van der Waals surface area contributed by atoms with Gasteiger partial charge in [-0.2, -0.15) is 0 Å². The number of likely N-dealkylation sites (tertiary alicyclic amines) is 1. The number of pyridine rings is 1. The van der Waals surface area contributed by atoms with Crippen molar-refractivity contribution in [1.29, 1.82) is 0 Å². The summed E-state index contributed by atoms with van der Waals surface area (Å²) in [5.74, 6) is 1.69. The normalized spacial score (nSPS) is 22.0. The third-order valence-corrected chi connectivity index (χ3v) is 6.34. The lowest BCUT2D eigenvalue weighted by Crippen LogP contribution is -2.46. The Balaban J connectivity index is 1.40. The minimum absolute atomic E-state index is 0.733. The summed E-state index contributed by atoms with van der Waals surface area (Å²) < 4.78 is 5.52. The van der Waals surface area contributed by atoms with E-state index in [1.165, 1.54) is 63.6 Å². The number of rotatable bonds is 7. The molecule has 0 spiro atoms. The van der Waals surface area contributed by atoms with E-state index in [9.17, 15) is 0 Å². The molecule has 4 rings (SSSR count). The van der Waals surface area contributed by atoms with Crippen LogP contribution in [0.15, 0.2) is 35.1 Å². The van der Waals surface area contributed by atoms with E-state index in [2.05, 4.69) is 32.1 Å². The highest BCUT2D eigenvalue weighted by Crippen LogP contribution is 2.28. The SMILES string of the molecule is Cc1cc(CN(Cc2cccnc2)C[C@@H]2CCCN(C3CCCCC3)C2)on1. The molecule has 0 amide bonds. The highest BCUT2D eigenvalue weighted by atomic mass is 16.5. The molecule has 3 heterocycles. The van der Waals surface area contributed by atoms with Gasteiger partial charge in [0.15, 0.2) is 5.76 Å². The van der Waals surface area contributed by atoms with Gasteiger partial charge in [0.25, 0.3) is 0 Å². The molecule has 2 aromatic rings. The topological polar surface area (TPSA) is 45.4 Å². The van der Waals surface area contributed by atoms with Crippen LogP contribution in [0.25, 0.3) is 0 Å². The van der Waals surface area contributed by atoms with Crippen molar-refractivity contribution in [2.75, 3.05) is 19.6 Å². The van der Waals surface area contributed by atoms with Crippen molar-refractivity contribution in [1.82, 2.24) is 19.9 Å². The van der Waals surface area contributed by atoms with Crippen molar-refractivity contribution in [3.8, 4) is 0 Å². The highest BCUT2D eigenvalue weighted by molar-refractivity contribution is 5.09. The van der Waals surface area contributed by atoms with E-state index in [4.69, 9.17) is 4.52 Å². The first kappa shape index (κ1) is 19.6. The molecule has 0 radical (unpaired) electrons. The van der Waals surface area contributed by atoms with Crippen LogP contribution in [-0.2, 0) is 13.1 Å². The van der Waals surface area contributed by atoms with Crippen molar-refractivity contribution < 1.29 is 4.52 Å². The Labute approximate surface area is 169 Å². The molecule has 0 bridgehead atoms. The minimum Gasteiger partial charge on any atom is -0.360 e. The van der Waals surface area contributed by atoms with Crippen LogP contribution in [0.1, 0.15) is 62.0 Å². The molecule has 152 valence electrons. The Bertz CT molecular complexity index is 710. The summed E-state index contributed by atoms with van der Waals surface area (Å²) >= 11 is 0. The summed E-state index contributed by atoms with van der Waals surface area (Å²) in [5.41, 5.74) is 2.22. The van der Waals surface area contributed by atoms with Crippen molar-refractivity contribution in [2.45, 2.75) is 71.0 Å². The molecule has 0 aromatic carbocycles. The number of piperidine rings is 1. The molecule has 0 N–H and O–H groups in total. The fraction of sp³-hybridized carbons (Fsp3) is 0.652. The molecule has 28 heavy (non-hydrogen) atoms. The summed E-state index contributed by atoms with van der Waals surface area (Å²) in [6.45, 7) is 7.37. The molecule has 1 aliphatic carbocycles. The smallest absolute Gasteiger partial charge is 0.150 e. The first-order valence-corrected chi connectivity index (χ1v) is 11.0. The first-order valence-electron chi connectivity index (χ1n) is 11.0. The second-order valence-corrected chi connectivity index (χ2v) is 8.76. The molecule has 1 aliphatic heterocycles. The molecule has 2 aromatic heterocycles. The van der Waals surface area contributed by atoms with E-state index < -0.39 is 0 Å². The van der Waals surface area contributed by atoms with Gasteiger partial charge in [0.2, 0.25) is 0 Å². The number of aryl methyl sites for hydroxylation is 1. The largest absolute Gasteiger partial charge is 0.360 e. The van der Waals surface area contributed by atoms with E-state index in [0.717, 1.165) is 43.0 Å². The van der Waals surface area contributed by atoms with Gasteiger partial charge in [-0.25, -0.2) is 0 Å². The van der Waals surface area contributed by atoms with Crippen molar-refractivity contribution in [3.05, 3.63) is 47.6 Å². The molecular weight excluding hydrogens is 348 g/mol. The standard InChI is InChI=1S/C23H34N4O/c1-19-13-23(28-25-19)18-26(15-20-7-5-11-24-14-20)16-21-8-6-12-27(17-21)22-9-3-2-4-10-22/h5,7,11,13-14,21-22H,2-4,6,8-10,12,15-18H2,1H3/t21-/m0/s1. The van der Waals surface area contributed by atoms with Crippen LogP contribution < -0.4 is 0 Å². The number of hydrogen-bond donors (Lipinski definition) is 0. The van der Waals surface area contributed by atoms with E-state index in [1.54, 1.807) is 0 Å². The summed E-state index contributed by atoms with van der Waals surface area (Å²) in [5, 5.41) is 4.07. The van der Waals surface area contributed by atoms with Gasteiger partial charge < -0.3 is 9.42 Å². The maximum atomic E-state index is 5.52. The molecule has 1 atom stereocenters. The molecule has 5 nitrogen and oxygen atoms in total. The van der Waals surface area contributed by atoms with Gasteiger partial charge in [-0.15, -0.1) is 0 Å². The third-order valence-electron chi connectivity index (χ3n) is 6.34. The highest BCUT2D eigenvalue weighted by Gasteiger charge is 2.28. The molecule has 5 heteroatoms. The average Bonchev–Trinajstić information content (AvgIpc) is 3.14. The summed E-state index contributed by atoms with van der Waals surface area (Å²) in [7, 11) is 0. The molecule has 0 unspecified atom stereocenters. The molecule has 1 saturated heterocycles. The second-order valence-electron chi connectivity index (χ2n) is 8.76. The van der Waals surface area contributed by atoms with Gasteiger partial charge in [-0.3, -0.25) is 9.88 Å². The lowest BCUT2D eigenvalue weighted by molar-refractivity contribution is 0.0750. The predicted octanol–water partition coefficient (Wildman–Crippen LogP) is 4.42. The molecular formula is C23H34N4O. The second kappa shape index (κ2) is 9.66. The van der Waals surface area contributed by atoms with Gasteiger partial charge in [0, 0.05) is 44.1 Å². The Hall–Kier alpha value is -1.72. The Kier molecular flexibility index (Phi) is 6.76. The van der Waals surface area contributed by atoms with E-state index in [-0.39, 0.29) is 0 Å². The number of aromatic nitrogens is 2. The summed E-state index contributed by atoms with van der Waals surface area (Å²) in [6, 6.07) is 7.09. The van der Waals surface area contributed by atoms with Crippen LogP contribution in [0.2, 0.25) is 0 Å². The first-order chi connectivity index (χ1) is 13.8. The predicted molar refractivity (Wildman–Crippen MR) is 111 cm³/mol. The van der Waals surface area contributed by atoms with Gasteiger partial charge in [0.05, 0.1) is 12.2 Å². The maximum Gasteiger partial charge on any atom is 0.150 e. The molecule has 2 aliphatic rings. The zero-order valence-corrected chi connectivity index (χ0v) is 17.2. The van der Waals surface area contributed by atoms with Crippen molar-refractivity contribution >= 4 is 0 Å². The van der Waals surface area contributed by atoms with Crippen LogP contribution in [0.3, 0.4) is 0 Å². The third kappa shape index (κ3) is 5.42. The van der Waals surface area contributed by atoms with Gasteiger partial charge >= 0.3 is 0 Å². The van der Waals surface area contributed by atoms with Crippen LogP contribution in [0.5, 0.6) is 0 Å². The average molecular weight is 383 g/mol. The lowest BCUT2D eigenvalue weighted by atomic mass is 9.90. The maximum absolute atomic E-state index is 5.52. The van der Waals surface area contributed by atoms with Gasteiger partial charge in [-0.1, -0.05) is 30.5 Å². The fourth-order valence-corrected chi connectivity index (χ4v) is 5.04. The van der Waals surface area contributed by atoms with Crippen molar-refractivity contribution in [2.24, 2.45) is 5.92 Å². The molecule has 1 saturated carbocycles. The van der Waals surface area contributed by atoms with Crippen LogP contribution >= 0.6 is 0 Å². The Morgan fingerprint density at radius 2 is 2.04 bits per heavy atom. The number of hydrogen-bond acceptors (Lipinski definition) is 5. The monoisotopic (exact) mass is 382 g/mol. The summed E-state index contributed by atoms with van der Waals surface area (Å²) in [6.07, 6.45) is 13.6. The fourth-order valence-electron chi connectivity index (χ4n) is 5.04. The molecule has 2 fully saturated rings. The lowest BCUT2D eigenvalue weighted by Gasteiger charge is -2.41. The van der Waals surface area contributed by atoms with E-state index in [1.807, 2.05) is 25.4 Å². The minimum atomic E-state index is 0.733. The number of nitrogens with zero attached hydrogens (tertiary/aromatic N) is 4.